The number of hydrogen-bond acceptors (Lipinski definition) is 20. The quantitative estimate of drug-likeness (QED) is 0.0370. The van der Waals surface area contributed by atoms with E-state index in [2.05, 4.69) is 90.6 Å². The normalized spacial score (nSPS) is 11.5. The number of halogens is 18. The topological polar surface area (TPSA) is 293 Å². The lowest BCUT2D eigenvalue weighted by atomic mass is 10.2. The van der Waals surface area contributed by atoms with Crippen LogP contribution in [0.5, 0.6) is 17.2 Å². The fourth-order valence-corrected chi connectivity index (χ4v) is 14.8. The Morgan fingerprint density at radius 3 is 0.859 bits per heavy atom. The molecule has 10 heterocycles. The van der Waals surface area contributed by atoms with Gasteiger partial charge in [-0.3, -0.25) is 22.8 Å². The molecule has 25 nitrogen and oxygen atoms in total. The van der Waals surface area contributed by atoms with E-state index in [0.29, 0.717) is 132 Å². The molecule has 0 radical (unpaired) electrons. The highest BCUT2D eigenvalue weighted by Crippen LogP contribution is 2.37. The first-order valence-electron chi connectivity index (χ1n) is 42.1. The highest BCUT2D eigenvalue weighted by atomic mass is 19.4. The zero-order chi connectivity index (χ0) is 101. The third-order valence-electron chi connectivity index (χ3n) is 20.7. The van der Waals surface area contributed by atoms with Crippen molar-refractivity contribution < 1.29 is 93.2 Å². The second kappa shape index (κ2) is 40.8. The average molecular weight is 1960 g/mol. The minimum Gasteiger partial charge on any atom is -0.435 e. The predicted molar refractivity (Wildman–Crippen MR) is 500 cm³/mol. The first-order chi connectivity index (χ1) is 67.7. The largest absolute Gasteiger partial charge is 0.573 e. The van der Waals surface area contributed by atoms with E-state index in [0.717, 1.165) is 87.9 Å². The minimum absolute atomic E-state index is 0.0435. The van der Waals surface area contributed by atoms with Crippen molar-refractivity contribution in [3.05, 3.63) is 361 Å². The third kappa shape index (κ3) is 23.5. The smallest absolute Gasteiger partial charge is 0.435 e. The number of imidazole rings is 5. The summed E-state index contributed by atoms with van der Waals surface area (Å²) in [5.41, 5.74) is 20.8. The summed E-state index contributed by atoms with van der Waals surface area (Å²) in [6, 6.07) is 70.9. The van der Waals surface area contributed by atoms with Gasteiger partial charge in [-0.2, -0.15) is 22.0 Å². The number of alkyl halides is 11. The van der Waals surface area contributed by atoms with Gasteiger partial charge in [0, 0.05) is 100 Å². The number of rotatable bonds is 19. The molecular weight excluding hydrogens is 1890 g/mol. The van der Waals surface area contributed by atoms with Crippen molar-refractivity contribution in [2.45, 2.75) is 60.1 Å². The van der Waals surface area contributed by atoms with Crippen LogP contribution in [0.2, 0.25) is 0 Å². The summed E-state index contributed by atoms with van der Waals surface area (Å²) in [4.78, 5) is 44.4. The van der Waals surface area contributed by atoms with Gasteiger partial charge < -0.3 is 52.3 Å². The second-order valence-corrected chi connectivity index (χ2v) is 30.9. The number of fused-ring (bicyclic) bond motifs is 5. The van der Waals surface area contributed by atoms with E-state index >= 15 is 0 Å². The lowest BCUT2D eigenvalue weighted by molar-refractivity contribution is -0.275. The SMILES string of the molecule is Cc1nc2cc(F)c(F)cc2n1-c1cccc(Nc2ccc(C(F)(F)F)cc2)n1.Cc1nc2cc(F)c(F)cc2n1-c1cccc(Nc2ccc(OC(F)(F)F)cc2)n1.Cc1nc2cc(F)c(F)cc2n1-c1cccc(Nc2ccc(OC(F)F)cc2)n1.Cc1nc2ccccc2n1-c1cc(N)cc(Nc2ccc(F)cc2)n1.Cc1nc2ccccc2n1-c1cc(N)cc(Nc2ccc(OC(F)(F)F)cc2)n1. The molecule has 0 aliphatic heterocycles. The number of anilines is 12. The van der Waals surface area contributed by atoms with Crippen molar-refractivity contribution in [3.63, 3.8) is 0 Å². The van der Waals surface area contributed by atoms with E-state index in [9.17, 15) is 79.0 Å². The van der Waals surface area contributed by atoms with Crippen LogP contribution in [0.15, 0.2) is 285 Å². The second-order valence-electron chi connectivity index (χ2n) is 30.9. The maximum Gasteiger partial charge on any atom is 0.573 e. The Kier molecular flexibility index (Phi) is 27.9. The van der Waals surface area contributed by atoms with Gasteiger partial charge in [0.1, 0.15) is 110 Å². The Morgan fingerprint density at radius 2 is 0.542 bits per heavy atom. The molecular formula is C99H72F18N22O3. The van der Waals surface area contributed by atoms with E-state index in [-0.39, 0.29) is 34.1 Å². The highest BCUT2D eigenvalue weighted by Gasteiger charge is 2.33. The van der Waals surface area contributed by atoms with Crippen molar-refractivity contribution in [1.29, 1.82) is 0 Å². The van der Waals surface area contributed by atoms with Gasteiger partial charge in [-0.25, -0.2) is 80.6 Å². The number of nitrogens with two attached hydrogens (primary N) is 2. The summed E-state index contributed by atoms with van der Waals surface area (Å²) in [6.45, 7) is 5.97. The number of benzene rings is 10. The van der Waals surface area contributed by atoms with Gasteiger partial charge in [0.05, 0.1) is 60.7 Å². The van der Waals surface area contributed by atoms with Crippen LogP contribution in [0.3, 0.4) is 0 Å². The third-order valence-corrected chi connectivity index (χ3v) is 20.7. The van der Waals surface area contributed by atoms with Crippen LogP contribution in [0.25, 0.3) is 84.3 Å². The molecule has 0 saturated carbocycles. The predicted octanol–water partition coefficient (Wildman–Crippen LogP) is 25.9. The molecule has 20 rings (SSSR count). The lowest BCUT2D eigenvalue weighted by Gasteiger charge is -2.12. The zero-order valence-electron chi connectivity index (χ0n) is 74.1. The maximum absolute atomic E-state index is 13.7. The summed E-state index contributed by atoms with van der Waals surface area (Å²) in [5, 5.41) is 15.1. The molecule has 0 aliphatic carbocycles. The van der Waals surface area contributed by atoms with Crippen molar-refractivity contribution in [2.75, 3.05) is 38.1 Å². The number of para-hydroxylation sites is 4. The van der Waals surface area contributed by atoms with E-state index < -0.39 is 66.0 Å². The molecule has 0 unspecified atom stereocenters. The summed E-state index contributed by atoms with van der Waals surface area (Å²) >= 11 is 0. The fraction of sp³-hybridized carbons (Fsp3) is 0.0909. The summed E-state index contributed by atoms with van der Waals surface area (Å²) < 4.78 is 251. The van der Waals surface area contributed by atoms with E-state index in [4.69, 9.17) is 11.5 Å². The molecule has 20 aromatic rings. The van der Waals surface area contributed by atoms with Crippen LogP contribution >= 0.6 is 0 Å². The molecule has 142 heavy (non-hydrogen) atoms. The number of nitrogen functional groups attached to an aromatic ring is 2. The van der Waals surface area contributed by atoms with Crippen molar-refractivity contribution in [3.8, 4) is 46.3 Å². The van der Waals surface area contributed by atoms with E-state index in [1.165, 1.54) is 84.9 Å². The standard InChI is InChI=1S/C20H13F5N4O.C20H13F5N4.C20H14F4N4O.C20H16F3N5O.C19H16FN5/c1-11-26-16-9-14(21)15(22)10-17(16)29(11)19-4-2-3-18(28-19)27-12-5-7-13(8-6-12)30-20(23,24)25;1-11-26-16-9-14(21)15(22)10-17(16)29(11)19-4-2-3-18(28-19)27-13-7-5-12(6-8-13)20(23,24)25;1-11-25-16-9-14(21)15(22)10-17(16)28(11)19-4-2-3-18(27-19)26-12-5-7-13(8-6-12)29-20(23)24;1-12-25-16-4-2-3-5-17(16)28(12)19-11-13(24)10-18(27-19)26-14-6-8-15(9-7-14)29-20(21,22)23;1-12-22-16-4-2-3-5-17(16)25(12)19-11-14(21)10-18(24-19)23-15-8-6-13(20)7-9-15/h2-10H,1H3,(H,27,28);2-10H,1H3,(H,27,28);2-10,20H,1H3,(H,26,27);2-11H,1H3,(H3,24,26,27);2-11H,1H3,(H3,21,23,24). The number of ether oxygens (including phenoxy) is 3. The summed E-state index contributed by atoms with van der Waals surface area (Å²) in [6.07, 6.45) is -13.9. The number of nitrogens with one attached hydrogen (secondary N) is 5. The number of aryl methyl sites for hydroxylation is 5. The van der Waals surface area contributed by atoms with Gasteiger partial charge in [0.2, 0.25) is 0 Å². The van der Waals surface area contributed by atoms with Crippen molar-refractivity contribution >= 4 is 124 Å². The van der Waals surface area contributed by atoms with Crippen LogP contribution in [-0.2, 0) is 6.18 Å². The zero-order valence-corrected chi connectivity index (χ0v) is 74.1. The fourth-order valence-electron chi connectivity index (χ4n) is 14.8. The Hall–Kier alpha value is -18.0. The molecule has 10 aromatic heterocycles. The molecule has 0 fully saturated rings. The maximum atomic E-state index is 13.7. The minimum atomic E-state index is -4.77. The first kappa shape index (κ1) is 97.1. The molecule has 0 bridgehead atoms. The number of hydrogen-bond donors (Lipinski definition) is 7. The number of aromatic nitrogens is 15. The van der Waals surface area contributed by atoms with Crippen molar-refractivity contribution in [1.82, 2.24) is 72.7 Å². The molecule has 43 heteroatoms. The highest BCUT2D eigenvalue weighted by molar-refractivity contribution is 5.83. The van der Waals surface area contributed by atoms with E-state index in [1.807, 2.05) is 71.5 Å². The molecule has 9 N–H and O–H groups in total. The van der Waals surface area contributed by atoms with Crippen LogP contribution in [0.1, 0.15) is 34.7 Å². The lowest BCUT2D eigenvalue weighted by Crippen LogP contribution is -2.17. The Balaban J connectivity index is 0.000000128. The molecule has 0 amide bonds. The van der Waals surface area contributed by atoms with Gasteiger partial charge in [0.25, 0.3) is 0 Å². The van der Waals surface area contributed by atoms with Gasteiger partial charge in [0.15, 0.2) is 34.9 Å². The Labute approximate surface area is 791 Å². The van der Waals surface area contributed by atoms with Crippen LogP contribution in [-0.4, -0.2) is 92.0 Å². The van der Waals surface area contributed by atoms with Gasteiger partial charge in [-0.05, 0) is 217 Å². The molecule has 0 spiro atoms. The summed E-state index contributed by atoms with van der Waals surface area (Å²) in [5.74, 6) is 1.00. The molecule has 0 saturated heterocycles. The monoisotopic (exact) mass is 1960 g/mol. The number of nitrogens with zero attached hydrogens (tertiary/aromatic N) is 15. The van der Waals surface area contributed by atoms with Crippen LogP contribution in [0.4, 0.5) is 148 Å². The van der Waals surface area contributed by atoms with Crippen LogP contribution < -0.4 is 52.3 Å². The average Bonchev–Trinajstić information content (AvgIpc) is 1.64. The molecule has 0 aliphatic rings. The Morgan fingerprint density at radius 1 is 0.268 bits per heavy atom. The first-order valence-corrected chi connectivity index (χ1v) is 42.1. The van der Waals surface area contributed by atoms with Crippen LogP contribution in [0, 0.1) is 75.3 Å². The van der Waals surface area contributed by atoms with Gasteiger partial charge >= 0.3 is 25.5 Å². The van der Waals surface area contributed by atoms with Crippen molar-refractivity contribution in [2.24, 2.45) is 0 Å². The summed E-state index contributed by atoms with van der Waals surface area (Å²) in [7, 11) is 0. The number of pyridine rings is 5. The van der Waals surface area contributed by atoms with Gasteiger partial charge in [-0.15, -0.1) is 26.3 Å². The molecule has 722 valence electrons. The molecule has 0 atom stereocenters. The van der Waals surface area contributed by atoms with Gasteiger partial charge in [-0.1, -0.05) is 42.5 Å². The Bertz CT molecular complexity index is 7980. The molecule has 10 aromatic carbocycles. The van der Waals surface area contributed by atoms with E-state index in [1.54, 1.807) is 138 Å².